The fraction of sp³-hybridized carbons (Fsp3) is 0.278. The van der Waals surface area contributed by atoms with Crippen LogP contribution in [-0.4, -0.2) is 41.1 Å². The second-order valence-electron chi connectivity index (χ2n) is 5.41. The first-order chi connectivity index (χ1) is 12.0. The fourth-order valence-corrected chi connectivity index (χ4v) is 3.23. The highest BCUT2D eigenvalue weighted by molar-refractivity contribution is 7.89. The van der Waals surface area contributed by atoms with Gasteiger partial charge in [-0.05, 0) is 36.2 Å². The van der Waals surface area contributed by atoms with Crippen LogP contribution in [0.25, 0.3) is 0 Å². The molecule has 0 atom stereocenters. The van der Waals surface area contributed by atoms with Crippen molar-refractivity contribution in [3.8, 4) is 0 Å². The molecule has 0 aliphatic heterocycles. The number of carbonyl (C=O) groups excluding carboxylic acids is 1. The van der Waals surface area contributed by atoms with Crippen molar-refractivity contribution in [3.63, 3.8) is 0 Å². The summed E-state index contributed by atoms with van der Waals surface area (Å²) in [5, 5.41) is 2.83. The first-order valence-corrected chi connectivity index (χ1v) is 9.42. The van der Waals surface area contributed by atoms with Gasteiger partial charge in [-0.2, -0.15) is 0 Å². The summed E-state index contributed by atoms with van der Waals surface area (Å²) in [4.78, 5) is 12.2. The molecular formula is C18H22N2O4S. The van der Waals surface area contributed by atoms with E-state index in [0.29, 0.717) is 18.7 Å². The number of hydrogen-bond donors (Lipinski definition) is 2. The Bertz CT molecular complexity index is 774. The predicted octanol–water partition coefficient (Wildman–Crippen LogP) is 1.58. The Balaban J connectivity index is 1.89. The Morgan fingerprint density at radius 2 is 1.68 bits per heavy atom. The molecule has 2 rings (SSSR count). The van der Waals surface area contributed by atoms with Gasteiger partial charge in [0.05, 0.1) is 11.5 Å². The maximum absolute atomic E-state index is 12.1. The van der Waals surface area contributed by atoms with Gasteiger partial charge in [0.2, 0.25) is 10.0 Å². The molecule has 0 fully saturated rings. The second kappa shape index (κ2) is 9.31. The van der Waals surface area contributed by atoms with Crippen LogP contribution in [0.1, 0.15) is 15.9 Å². The first kappa shape index (κ1) is 19.1. The van der Waals surface area contributed by atoms with E-state index in [1.54, 1.807) is 0 Å². The van der Waals surface area contributed by atoms with Gasteiger partial charge >= 0.3 is 0 Å². The van der Waals surface area contributed by atoms with E-state index in [1.165, 1.54) is 31.4 Å². The lowest BCUT2D eigenvalue weighted by Gasteiger charge is -2.08. The van der Waals surface area contributed by atoms with Gasteiger partial charge < -0.3 is 10.1 Å². The molecule has 0 heterocycles. The van der Waals surface area contributed by atoms with E-state index in [2.05, 4.69) is 10.0 Å². The first-order valence-electron chi connectivity index (χ1n) is 7.94. The number of methoxy groups -OCH3 is 1. The highest BCUT2D eigenvalue weighted by Gasteiger charge is 2.14. The largest absolute Gasteiger partial charge is 0.383 e. The summed E-state index contributed by atoms with van der Waals surface area (Å²) in [6.07, 6.45) is 0.739. The van der Waals surface area contributed by atoms with E-state index in [4.69, 9.17) is 4.74 Å². The SMILES string of the molecule is COCCNS(=O)(=O)c1ccc(C(=O)NCCc2ccccc2)cc1. The highest BCUT2D eigenvalue weighted by atomic mass is 32.2. The molecule has 0 saturated carbocycles. The molecule has 0 aliphatic rings. The van der Waals surface area contributed by atoms with Crippen LogP contribution in [0.3, 0.4) is 0 Å². The van der Waals surface area contributed by atoms with Crippen LogP contribution in [-0.2, 0) is 21.2 Å². The van der Waals surface area contributed by atoms with Crippen LogP contribution in [0.4, 0.5) is 0 Å². The maximum atomic E-state index is 12.1. The molecule has 0 unspecified atom stereocenters. The minimum atomic E-state index is -3.59. The predicted molar refractivity (Wildman–Crippen MR) is 96.0 cm³/mol. The van der Waals surface area contributed by atoms with Gasteiger partial charge in [0, 0.05) is 25.8 Å². The van der Waals surface area contributed by atoms with E-state index in [9.17, 15) is 13.2 Å². The van der Waals surface area contributed by atoms with Crippen molar-refractivity contribution < 1.29 is 17.9 Å². The van der Waals surface area contributed by atoms with Crippen molar-refractivity contribution in [1.82, 2.24) is 10.0 Å². The number of carbonyl (C=O) groups is 1. The number of hydrogen-bond acceptors (Lipinski definition) is 4. The van der Waals surface area contributed by atoms with Crippen LogP contribution in [0.15, 0.2) is 59.5 Å². The molecule has 1 amide bonds. The maximum Gasteiger partial charge on any atom is 0.251 e. The molecule has 2 aromatic carbocycles. The normalized spacial score (nSPS) is 11.2. The van der Waals surface area contributed by atoms with E-state index in [1.807, 2.05) is 30.3 Å². The molecule has 0 radical (unpaired) electrons. The van der Waals surface area contributed by atoms with E-state index >= 15 is 0 Å². The zero-order valence-corrected chi connectivity index (χ0v) is 14.9. The molecule has 2 aromatic rings. The molecule has 0 saturated heterocycles. The third-order valence-corrected chi connectivity index (χ3v) is 5.04. The number of amides is 1. The minimum absolute atomic E-state index is 0.115. The number of ether oxygens (including phenoxy) is 1. The molecule has 25 heavy (non-hydrogen) atoms. The van der Waals surface area contributed by atoms with E-state index < -0.39 is 10.0 Å². The second-order valence-corrected chi connectivity index (χ2v) is 7.17. The number of benzene rings is 2. The zero-order chi connectivity index (χ0) is 18.1. The van der Waals surface area contributed by atoms with Gasteiger partial charge in [-0.1, -0.05) is 30.3 Å². The van der Waals surface area contributed by atoms with Crippen LogP contribution < -0.4 is 10.0 Å². The quantitative estimate of drug-likeness (QED) is 0.664. The number of nitrogens with one attached hydrogen (secondary N) is 2. The highest BCUT2D eigenvalue weighted by Crippen LogP contribution is 2.10. The molecular weight excluding hydrogens is 340 g/mol. The number of sulfonamides is 1. The van der Waals surface area contributed by atoms with Crippen molar-refractivity contribution in [2.75, 3.05) is 26.8 Å². The average molecular weight is 362 g/mol. The standard InChI is InChI=1S/C18H22N2O4S/c1-24-14-13-20-25(22,23)17-9-7-16(8-10-17)18(21)19-12-11-15-5-3-2-4-6-15/h2-10,20H,11-14H2,1H3,(H,19,21). The lowest BCUT2D eigenvalue weighted by atomic mass is 10.1. The Morgan fingerprint density at radius 1 is 1.00 bits per heavy atom. The Hall–Kier alpha value is -2.22. The summed E-state index contributed by atoms with van der Waals surface area (Å²) < 4.78 is 31.3. The average Bonchev–Trinajstić information content (AvgIpc) is 2.63. The minimum Gasteiger partial charge on any atom is -0.383 e. The molecule has 134 valence electrons. The topological polar surface area (TPSA) is 84.5 Å². The Labute approximate surface area is 148 Å². The van der Waals surface area contributed by atoms with Gasteiger partial charge in [0.1, 0.15) is 0 Å². The van der Waals surface area contributed by atoms with Gasteiger partial charge in [0.15, 0.2) is 0 Å². The van der Waals surface area contributed by atoms with Gasteiger partial charge in [-0.25, -0.2) is 13.1 Å². The summed E-state index contributed by atoms with van der Waals surface area (Å²) in [5.41, 5.74) is 1.57. The summed E-state index contributed by atoms with van der Waals surface area (Å²) >= 11 is 0. The summed E-state index contributed by atoms with van der Waals surface area (Å²) in [7, 11) is -2.09. The summed E-state index contributed by atoms with van der Waals surface area (Å²) in [6.45, 7) is 1.00. The summed E-state index contributed by atoms with van der Waals surface area (Å²) in [6, 6.07) is 15.7. The molecule has 0 spiro atoms. The van der Waals surface area contributed by atoms with Crippen LogP contribution in [0.2, 0.25) is 0 Å². The van der Waals surface area contributed by atoms with Crippen molar-refractivity contribution >= 4 is 15.9 Å². The molecule has 7 heteroatoms. The molecule has 0 aromatic heterocycles. The zero-order valence-electron chi connectivity index (χ0n) is 14.1. The van der Waals surface area contributed by atoms with Gasteiger partial charge in [-0.15, -0.1) is 0 Å². The molecule has 0 aliphatic carbocycles. The van der Waals surface area contributed by atoms with E-state index in [0.717, 1.165) is 12.0 Å². The van der Waals surface area contributed by atoms with Gasteiger partial charge in [-0.3, -0.25) is 4.79 Å². The van der Waals surface area contributed by atoms with Gasteiger partial charge in [0.25, 0.3) is 5.91 Å². The molecule has 0 bridgehead atoms. The Kier molecular flexibility index (Phi) is 7.12. The molecule has 2 N–H and O–H groups in total. The third-order valence-electron chi connectivity index (χ3n) is 3.57. The summed E-state index contributed by atoms with van der Waals surface area (Å²) in [5.74, 6) is -0.229. The lowest BCUT2D eigenvalue weighted by molar-refractivity contribution is 0.0954. The van der Waals surface area contributed by atoms with Crippen molar-refractivity contribution in [2.45, 2.75) is 11.3 Å². The van der Waals surface area contributed by atoms with Crippen LogP contribution in [0.5, 0.6) is 0 Å². The monoisotopic (exact) mass is 362 g/mol. The van der Waals surface area contributed by atoms with Crippen LogP contribution >= 0.6 is 0 Å². The van der Waals surface area contributed by atoms with Crippen molar-refractivity contribution in [1.29, 1.82) is 0 Å². The van der Waals surface area contributed by atoms with E-state index in [-0.39, 0.29) is 17.3 Å². The van der Waals surface area contributed by atoms with Crippen molar-refractivity contribution in [2.24, 2.45) is 0 Å². The smallest absolute Gasteiger partial charge is 0.251 e. The third kappa shape index (κ3) is 5.97. The number of rotatable bonds is 9. The lowest BCUT2D eigenvalue weighted by Crippen LogP contribution is -2.28. The van der Waals surface area contributed by atoms with Crippen molar-refractivity contribution in [3.05, 3.63) is 65.7 Å². The Morgan fingerprint density at radius 3 is 2.32 bits per heavy atom. The van der Waals surface area contributed by atoms with Crippen LogP contribution in [0, 0.1) is 0 Å². The fourth-order valence-electron chi connectivity index (χ4n) is 2.21. The molecule has 6 nitrogen and oxygen atoms in total.